The molecular weight excluding hydrogens is 203 g/mol. The molecule has 0 aromatic carbocycles. The van der Waals surface area contributed by atoms with Crippen LogP contribution in [0.15, 0.2) is 0 Å². The van der Waals surface area contributed by atoms with Crippen molar-refractivity contribution < 1.29 is 21.9 Å². The Labute approximate surface area is 91.1 Å². The molecule has 0 saturated carbocycles. The summed E-state index contributed by atoms with van der Waals surface area (Å²) >= 11 is -0.568. The second kappa shape index (κ2) is 12.6. The van der Waals surface area contributed by atoms with Crippen LogP contribution in [0.25, 0.3) is 0 Å². The molecule has 14 heavy (non-hydrogen) atoms. The second-order valence-electron chi connectivity index (χ2n) is 2.38. The normalized spacial score (nSPS) is 8.29. The van der Waals surface area contributed by atoms with Crippen LogP contribution in [0.3, 0.4) is 0 Å². The smallest absolute Gasteiger partial charge is 0.484 e. The van der Waals surface area contributed by atoms with E-state index in [0.29, 0.717) is 6.61 Å². The van der Waals surface area contributed by atoms with Crippen molar-refractivity contribution in [2.24, 2.45) is 0 Å². The highest BCUT2D eigenvalue weighted by atomic mass is 27.2. The third-order valence-corrected chi connectivity index (χ3v) is 1.41. The van der Waals surface area contributed by atoms with Gasteiger partial charge in [0.2, 0.25) is 0 Å². The van der Waals surface area contributed by atoms with Gasteiger partial charge in [0.15, 0.2) is 0 Å². The fourth-order valence-corrected chi connectivity index (χ4v) is 0.769. The van der Waals surface area contributed by atoms with Crippen molar-refractivity contribution in [3.63, 3.8) is 0 Å². The lowest BCUT2D eigenvalue weighted by Crippen LogP contribution is -2.07. The minimum Gasteiger partial charge on any atom is -0.484 e. The summed E-state index contributed by atoms with van der Waals surface area (Å²) in [6.45, 7) is 3.40. The van der Waals surface area contributed by atoms with Gasteiger partial charge in [-0.1, -0.05) is 0 Å². The minimum atomic E-state index is -0.568. The largest absolute Gasteiger partial charge is 0.649 e. The van der Waals surface area contributed by atoms with Crippen molar-refractivity contribution in [3.8, 4) is 0 Å². The summed E-state index contributed by atoms with van der Waals surface area (Å²) in [5, 5.41) is 0. The molecule has 0 aromatic heterocycles. The Hall–Kier alpha value is -0.408. The third-order valence-electron chi connectivity index (χ3n) is 0.934. The van der Waals surface area contributed by atoms with Crippen LogP contribution in [0, 0.1) is 0 Å². The molecule has 0 radical (unpaired) electrons. The van der Waals surface area contributed by atoms with Crippen LogP contribution in [-0.2, 0) is 21.9 Å². The van der Waals surface area contributed by atoms with E-state index < -0.39 is 21.9 Å². The Morgan fingerprint density at radius 2 is 1.71 bits per heavy atom. The predicted octanol–water partition coefficient (Wildman–Crippen LogP) is 0.0743. The molecule has 0 saturated heterocycles. The van der Waals surface area contributed by atoms with Crippen molar-refractivity contribution in [2.75, 3.05) is 20.8 Å². The van der Waals surface area contributed by atoms with Gasteiger partial charge in [-0.05, 0) is 13.8 Å². The van der Waals surface area contributed by atoms with Crippen LogP contribution in [0.5, 0.6) is 0 Å². The Balaban J connectivity index is 0. The molecule has 0 rings (SSSR count). The first kappa shape index (κ1) is 16.0. The number of carbonyl (C=O) groups is 2. The molecule has 82 valence electrons. The molecule has 0 spiro atoms. The molecule has 0 aliphatic rings. The average molecular weight is 220 g/mol. The summed E-state index contributed by atoms with van der Waals surface area (Å²) in [5.74, 6) is -0.599. The van der Waals surface area contributed by atoms with Crippen LogP contribution in [-0.4, -0.2) is 48.5 Å². The first-order valence-corrected chi connectivity index (χ1v) is 5.36. The predicted molar refractivity (Wildman–Crippen MR) is 53.1 cm³/mol. The highest BCUT2D eigenvalue weighted by Crippen LogP contribution is 1.86. The van der Waals surface area contributed by atoms with E-state index in [9.17, 15) is 9.59 Å². The molecule has 0 heterocycles. The zero-order valence-electron chi connectivity index (χ0n) is 9.16. The third kappa shape index (κ3) is 17.6. The number of esters is 1. The van der Waals surface area contributed by atoms with Gasteiger partial charge >= 0.3 is 21.9 Å². The van der Waals surface area contributed by atoms with E-state index in [1.807, 2.05) is 0 Å². The van der Waals surface area contributed by atoms with Gasteiger partial charge in [0, 0.05) is 14.2 Å². The SMILES string of the molecule is CCOC(=O)CC(C)=O.C[O][AlH][O]C. The first-order valence-electron chi connectivity index (χ1n) is 4.21. The summed E-state index contributed by atoms with van der Waals surface area (Å²) in [6.07, 6.45) is -0.103. The molecule has 0 amide bonds. The van der Waals surface area contributed by atoms with Gasteiger partial charge in [0.05, 0.1) is 6.61 Å². The maximum Gasteiger partial charge on any atom is 0.649 e. The highest BCUT2D eigenvalue weighted by Gasteiger charge is 2.03. The standard InChI is InChI=1S/C6H10O3.2CH3O.Al.H/c1-3-9-6(8)4-5(2)7;2*1-2;;/h3-4H2,1-2H3;2*1H3;;/q;2*-1;+2;. The summed E-state index contributed by atoms with van der Waals surface area (Å²) in [4.78, 5) is 20.6. The average Bonchev–Trinajstić information content (AvgIpc) is 2.05. The van der Waals surface area contributed by atoms with Gasteiger partial charge in [0.25, 0.3) is 0 Å². The van der Waals surface area contributed by atoms with E-state index in [1.165, 1.54) is 6.92 Å². The van der Waals surface area contributed by atoms with Gasteiger partial charge in [-0.3, -0.25) is 9.59 Å². The molecule has 5 nitrogen and oxygen atoms in total. The number of ketones is 1. The molecule has 0 aromatic rings. The van der Waals surface area contributed by atoms with Gasteiger partial charge in [0.1, 0.15) is 12.2 Å². The maximum atomic E-state index is 10.4. The van der Waals surface area contributed by atoms with Crippen LogP contribution < -0.4 is 0 Å². The Morgan fingerprint density at radius 3 is 1.93 bits per heavy atom. The van der Waals surface area contributed by atoms with Gasteiger partial charge in [-0.2, -0.15) is 0 Å². The molecule has 0 unspecified atom stereocenters. The summed E-state index contributed by atoms with van der Waals surface area (Å²) in [5.41, 5.74) is 0. The van der Waals surface area contributed by atoms with Gasteiger partial charge in [-0.25, -0.2) is 0 Å². The maximum absolute atomic E-state index is 10.4. The summed E-state index contributed by atoms with van der Waals surface area (Å²) < 4.78 is 13.7. The Bertz CT molecular complexity index is 158. The molecule has 0 N–H and O–H groups in total. The van der Waals surface area contributed by atoms with E-state index in [0.717, 1.165) is 0 Å². The van der Waals surface area contributed by atoms with Crippen LogP contribution in [0.2, 0.25) is 0 Å². The molecular formula is C8H17AlO5. The molecule has 0 fully saturated rings. The molecule has 0 aliphatic carbocycles. The van der Waals surface area contributed by atoms with Crippen molar-refractivity contribution in [3.05, 3.63) is 0 Å². The fraction of sp³-hybridized carbons (Fsp3) is 0.750. The topological polar surface area (TPSA) is 61.8 Å². The number of carbonyl (C=O) groups excluding carboxylic acids is 2. The number of ether oxygens (including phenoxy) is 1. The quantitative estimate of drug-likeness (QED) is 0.373. The van der Waals surface area contributed by atoms with E-state index in [1.54, 1.807) is 21.1 Å². The van der Waals surface area contributed by atoms with Crippen LogP contribution in [0.4, 0.5) is 0 Å². The van der Waals surface area contributed by atoms with E-state index in [4.69, 9.17) is 0 Å². The molecule has 6 heteroatoms. The van der Waals surface area contributed by atoms with Crippen molar-refractivity contribution in [1.82, 2.24) is 0 Å². The van der Waals surface area contributed by atoms with Crippen LogP contribution in [0.1, 0.15) is 20.3 Å². The molecule has 0 atom stereocenters. The number of rotatable bonds is 5. The zero-order valence-corrected chi connectivity index (χ0v) is 10.6. The second-order valence-corrected chi connectivity index (χ2v) is 3.77. The number of hydrogen-bond acceptors (Lipinski definition) is 5. The molecule has 0 bridgehead atoms. The van der Waals surface area contributed by atoms with Crippen LogP contribution >= 0.6 is 0 Å². The lowest BCUT2D eigenvalue weighted by atomic mass is 10.3. The monoisotopic (exact) mass is 220 g/mol. The van der Waals surface area contributed by atoms with E-state index in [-0.39, 0.29) is 12.2 Å². The van der Waals surface area contributed by atoms with Crippen molar-refractivity contribution in [2.45, 2.75) is 20.3 Å². The van der Waals surface area contributed by atoms with E-state index >= 15 is 0 Å². The van der Waals surface area contributed by atoms with Crippen molar-refractivity contribution in [1.29, 1.82) is 0 Å². The van der Waals surface area contributed by atoms with E-state index in [2.05, 4.69) is 12.3 Å². The summed E-state index contributed by atoms with van der Waals surface area (Å²) in [7, 11) is 3.30. The zero-order chi connectivity index (χ0) is 11.4. The fourth-order valence-electron chi connectivity index (χ4n) is 0.533. The first-order chi connectivity index (χ1) is 6.58. The highest BCUT2D eigenvalue weighted by molar-refractivity contribution is 6.17. The van der Waals surface area contributed by atoms with Gasteiger partial charge in [-0.15, -0.1) is 0 Å². The Kier molecular flexibility index (Phi) is 14.4. The number of Topliss-reactive ketones (excluding diaryl/α,β-unsaturated/α-hetero) is 1. The lowest BCUT2D eigenvalue weighted by Gasteiger charge is -1.96. The molecule has 0 aliphatic heterocycles. The van der Waals surface area contributed by atoms with Crippen molar-refractivity contribution >= 4 is 27.6 Å². The lowest BCUT2D eigenvalue weighted by molar-refractivity contribution is -0.145. The summed E-state index contributed by atoms with van der Waals surface area (Å²) in [6, 6.07) is 0. The minimum absolute atomic E-state index is 0.103. The Morgan fingerprint density at radius 1 is 1.21 bits per heavy atom. The van der Waals surface area contributed by atoms with Gasteiger partial charge < -0.3 is 12.3 Å². The number of hydrogen-bond donors (Lipinski definition) is 0.